The Bertz CT molecular complexity index is 78.8. The van der Waals surface area contributed by atoms with Gasteiger partial charge in [0.05, 0.1) is 0 Å². The van der Waals surface area contributed by atoms with Crippen LogP contribution in [0.15, 0.2) is 0 Å². The molecule has 0 spiro atoms. The van der Waals surface area contributed by atoms with E-state index in [-0.39, 0.29) is 0 Å². The highest BCUT2D eigenvalue weighted by atomic mass is 35.5. The van der Waals surface area contributed by atoms with Gasteiger partial charge in [0.15, 0.2) is 0 Å². The van der Waals surface area contributed by atoms with E-state index < -0.39 is 0 Å². The molecule has 0 aliphatic carbocycles. The lowest BCUT2D eigenvalue weighted by Gasteiger charge is -2.23. The summed E-state index contributed by atoms with van der Waals surface area (Å²) < 4.78 is 0. The molecular weight excluding hydrogens is 144 g/mol. The minimum absolute atomic E-state index is 0.380. The monoisotopic (exact) mass is 162 g/mol. The number of alkyl halides is 1. The first kappa shape index (κ1) is 10.3. The van der Waals surface area contributed by atoms with Gasteiger partial charge in [-0.2, -0.15) is 0 Å². The zero-order chi connectivity index (χ0) is 8.15. The van der Waals surface area contributed by atoms with Gasteiger partial charge in [-0.3, -0.25) is 0 Å². The third kappa shape index (κ3) is 2.92. The highest BCUT2D eigenvalue weighted by Gasteiger charge is 2.18. The van der Waals surface area contributed by atoms with Crippen molar-refractivity contribution in [1.82, 2.24) is 0 Å². The van der Waals surface area contributed by atoms with Crippen molar-refractivity contribution in [2.75, 3.05) is 0 Å². The molecule has 0 N–H and O–H groups in total. The maximum atomic E-state index is 6.13. The largest absolute Gasteiger partial charge is 0.123 e. The van der Waals surface area contributed by atoms with Gasteiger partial charge in [-0.15, -0.1) is 11.6 Å². The molecule has 1 heteroatoms. The van der Waals surface area contributed by atoms with Crippen LogP contribution in [0, 0.1) is 11.8 Å². The lowest BCUT2D eigenvalue weighted by Crippen LogP contribution is -2.18. The van der Waals surface area contributed by atoms with E-state index in [4.69, 9.17) is 11.6 Å². The highest BCUT2D eigenvalue weighted by Crippen LogP contribution is 2.25. The lowest BCUT2D eigenvalue weighted by atomic mass is 9.89. The molecule has 0 heterocycles. The third-order valence-electron chi connectivity index (χ3n) is 2.18. The van der Waals surface area contributed by atoms with E-state index in [0.29, 0.717) is 11.3 Å². The minimum Gasteiger partial charge on any atom is -0.123 e. The van der Waals surface area contributed by atoms with Crippen LogP contribution in [0.2, 0.25) is 0 Å². The van der Waals surface area contributed by atoms with Gasteiger partial charge >= 0.3 is 0 Å². The van der Waals surface area contributed by atoms with E-state index in [2.05, 4.69) is 27.7 Å². The van der Waals surface area contributed by atoms with Crippen molar-refractivity contribution in [3.05, 3.63) is 0 Å². The van der Waals surface area contributed by atoms with Crippen LogP contribution in [0.3, 0.4) is 0 Å². The van der Waals surface area contributed by atoms with Crippen molar-refractivity contribution >= 4 is 11.6 Å². The fourth-order valence-electron chi connectivity index (χ4n) is 1.45. The highest BCUT2D eigenvalue weighted by molar-refractivity contribution is 6.20. The molecule has 0 bridgehead atoms. The predicted octanol–water partition coefficient (Wildman–Crippen LogP) is 3.69. The molecule has 62 valence electrons. The average molecular weight is 163 g/mol. The van der Waals surface area contributed by atoms with Crippen LogP contribution in [-0.4, -0.2) is 5.38 Å². The second kappa shape index (κ2) is 5.01. The van der Waals surface area contributed by atoms with Gasteiger partial charge in [0.1, 0.15) is 0 Å². The van der Waals surface area contributed by atoms with E-state index in [0.717, 1.165) is 12.3 Å². The van der Waals surface area contributed by atoms with E-state index >= 15 is 0 Å². The SMILES string of the molecule is CCC(Cl)C(CC)C(C)C. The summed E-state index contributed by atoms with van der Waals surface area (Å²) >= 11 is 6.13. The van der Waals surface area contributed by atoms with Gasteiger partial charge in [-0.05, 0) is 18.3 Å². The standard InChI is InChI=1S/C9H19Cl/c1-5-8(7(3)4)9(10)6-2/h7-9H,5-6H2,1-4H3. The molecule has 0 aromatic heterocycles. The Morgan fingerprint density at radius 3 is 1.70 bits per heavy atom. The van der Waals surface area contributed by atoms with Gasteiger partial charge in [0.2, 0.25) is 0 Å². The van der Waals surface area contributed by atoms with Crippen molar-refractivity contribution in [2.45, 2.75) is 45.9 Å². The van der Waals surface area contributed by atoms with Crippen LogP contribution in [-0.2, 0) is 0 Å². The summed E-state index contributed by atoms with van der Waals surface area (Å²) in [6, 6.07) is 0. The van der Waals surface area contributed by atoms with Crippen LogP contribution in [0.4, 0.5) is 0 Å². The summed E-state index contributed by atoms with van der Waals surface area (Å²) in [5, 5.41) is 0.380. The van der Waals surface area contributed by atoms with Crippen molar-refractivity contribution in [3.8, 4) is 0 Å². The van der Waals surface area contributed by atoms with E-state index in [1.54, 1.807) is 0 Å². The second-order valence-corrected chi connectivity index (χ2v) is 3.80. The molecule has 0 amide bonds. The Balaban J connectivity index is 3.80. The summed E-state index contributed by atoms with van der Waals surface area (Å²) in [5.41, 5.74) is 0. The molecule has 2 atom stereocenters. The number of hydrogen-bond donors (Lipinski definition) is 0. The first-order valence-electron chi connectivity index (χ1n) is 4.27. The zero-order valence-corrected chi connectivity index (χ0v) is 8.28. The van der Waals surface area contributed by atoms with Crippen molar-refractivity contribution < 1.29 is 0 Å². The fourth-order valence-corrected chi connectivity index (χ4v) is 1.92. The van der Waals surface area contributed by atoms with Gasteiger partial charge in [-0.1, -0.05) is 34.1 Å². The fraction of sp³-hybridized carbons (Fsp3) is 1.00. The molecule has 0 aliphatic rings. The van der Waals surface area contributed by atoms with E-state index in [9.17, 15) is 0 Å². The van der Waals surface area contributed by atoms with Gasteiger partial charge in [0, 0.05) is 5.38 Å². The Morgan fingerprint density at radius 2 is 1.60 bits per heavy atom. The van der Waals surface area contributed by atoms with E-state index in [1.165, 1.54) is 6.42 Å². The first-order chi connectivity index (χ1) is 4.63. The van der Waals surface area contributed by atoms with Gasteiger partial charge in [-0.25, -0.2) is 0 Å². The van der Waals surface area contributed by atoms with Gasteiger partial charge in [0.25, 0.3) is 0 Å². The molecular formula is C9H19Cl. The molecule has 0 aromatic carbocycles. The average Bonchev–Trinajstić information content (AvgIpc) is 1.88. The van der Waals surface area contributed by atoms with Crippen molar-refractivity contribution in [2.24, 2.45) is 11.8 Å². The summed E-state index contributed by atoms with van der Waals surface area (Å²) in [6.07, 6.45) is 2.30. The molecule has 10 heavy (non-hydrogen) atoms. The van der Waals surface area contributed by atoms with Crippen LogP contribution in [0.5, 0.6) is 0 Å². The van der Waals surface area contributed by atoms with Crippen molar-refractivity contribution in [1.29, 1.82) is 0 Å². The number of rotatable bonds is 4. The molecule has 0 radical (unpaired) electrons. The first-order valence-corrected chi connectivity index (χ1v) is 4.71. The summed E-state index contributed by atoms with van der Waals surface area (Å²) in [4.78, 5) is 0. The molecule has 0 nitrogen and oxygen atoms in total. The molecule has 0 rings (SSSR count). The van der Waals surface area contributed by atoms with Gasteiger partial charge < -0.3 is 0 Å². The summed E-state index contributed by atoms with van der Waals surface area (Å²) in [5.74, 6) is 1.43. The summed E-state index contributed by atoms with van der Waals surface area (Å²) in [6.45, 7) is 8.87. The maximum absolute atomic E-state index is 6.13. The number of hydrogen-bond acceptors (Lipinski definition) is 0. The second-order valence-electron chi connectivity index (χ2n) is 3.24. The van der Waals surface area contributed by atoms with Crippen LogP contribution in [0.25, 0.3) is 0 Å². The molecule has 0 saturated heterocycles. The Labute approximate surface area is 70.0 Å². The topological polar surface area (TPSA) is 0 Å². The molecule has 2 unspecified atom stereocenters. The Kier molecular flexibility index (Phi) is 5.15. The molecule has 0 saturated carbocycles. The Morgan fingerprint density at radius 1 is 1.10 bits per heavy atom. The molecule has 0 aromatic rings. The van der Waals surface area contributed by atoms with E-state index in [1.807, 2.05) is 0 Å². The predicted molar refractivity (Wildman–Crippen MR) is 48.6 cm³/mol. The van der Waals surface area contributed by atoms with Crippen LogP contribution >= 0.6 is 11.6 Å². The molecule has 0 fully saturated rings. The smallest absolute Gasteiger partial charge is 0.0364 e. The summed E-state index contributed by atoms with van der Waals surface area (Å²) in [7, 11) is 0. The minimum atomic E-state index is 0.380. The number of halogens is 1. The normalized spacial score (nSPS) is 17.4. The van der Waals surface area contributed by atoms with Crippen LogP contribution < -0.4 is 0 Å². The zero-order valence-electron chi connectivity index (χ0n) is 7.52. The Hall–Kier alpha value is 0.290. The van der Waals surface area contributed by atoms with Crippen LogP contribution in [0.1, 0.15) is 40.5 Å². The maximum Gasteiger partial charge on any atom is 0.0364 e. The quantitative estimate of drug-likeness (QED) is 0.554. The lowest BCUT2D eigenvalue weighted by molar-refractivity contribution is 0.352. The molecule has 0 aliphatic heterocycles. The van der Waals surface area contributed by atoms with Crippen molar-refractivity contribution in [3.63, 3.8) is 0 Å². The third-order valence-corrected chi connectivity index (χ3v) is 2.81.